The van der Waals surface area contributed by atoms with Gasteiger partial charge in [0.2, 0.25) is 6.79 Å². The van der Waals surface area contributed by atoms with Crippen molar-refractivity contribution in [2.24, 2.45) is 4.99 Å². The Morgan fingerprint density at radius 2 is 2.06 bits per heavy atom. The average molecular weight is 482 g/mol. The molecular formula is C24H23N3O6S. The average Bonchev–Trinajstić information content (AvgIpc) is 3.52. The van der Waals surface area contributed by atoms with E-state index in [1.807, 2.05) is 31.1 Å². The number of furan rings is 1. The van der Waals surface area contributed by atoms with Crippen LogP contribution in [0.2, 0.25) is 0 Å². The molecule has 0 fully saturated rings. The molecule has 0 radical (unpaired) electrons. The third kappa shape index (κ3) is 3.69. The van der Waals surface area contributed by atoms with E-state index >= 15 is 0 Å². The van der Waals surface area contributed by atoms with Crippen LogP contribution in [0.5, 0.6) is 11.5 Å². The number of thiazole rings is 1. The van der Waals surface area contributed by atoms with Gasteiger partial charge in [0.05, 0.1) is 28.5 Å². The van der Waals surface area contributed by atoms with Gasteiger partial charge in [0.1, 0.15) is 5.76 Å². The van der Waals surface area contributed by atoms with Crippen molar-refractivity contribution < 1.29 is 23.4 Å². The van der Waals surface area contributed by atoms with Crippen LogP contribution in [0.15, 0.2) is 55.8 Å². The van der Waals surface area contributed by atoms with Gasteiger partial charge in [-0.25, -0.2) is 9.79 Å². The highest BCUT2D eigenvalue weighted by Crippen LogP contribution is 2.38. The summed E-state index contributed by atoms with van der Waals surface area (Å²) in [6.07, 6.45) is 1.69. The van der Waals surface area contributed by atoms with Crippen molar-refractivity contribution in [1.29, 1.82) is 0 Å². The smallest absolute Gasteiger partial charge is 0.338 e. The van der Waals surface area contributed by atoms with E-state index in [-0.39, 0.29) is 19.0 Å². The molecule has 3 aromatic rings. The maximum atomic E-state index is 13.6. The molecule has 0 spiro atoms. The second-order valence-electron chi connectivity index (χ2n) is 7.99. The van der Waals surface area contributed by atoms with Gasteiger partial charge in [0, 0.05) is 26.2 Å². The Morgan fingerprint density at radius 3 is 2.79 bits per heavy atom. The van der Waals surface area contributed by atoms with E-state index in [2.05, 4.69) is 4.99 Å². The van der Waals surface area contributed by atoms with Crippen LogP contribution in [-0.4, -0.2) is 38.0 Å². The second-order valence-corrected chi connectivity index (χ2v) is 8.99. The quantitative estimate of drug-likeness (QED) is 0.516. The molecule has 2 aliphatic heterocycles. The first-order chi connectivity index (χ1) is 16.4. The Hall–Kier alpha value is -3.79. The Labute approximate surface area is 198 Å². The van der Waals surface area contributed by atoms with Crippen LogP contribution < -0.4 is 29.3 Å². The van der Waals surface area contributed by atoms with Crippen LogP contribution in [0.4, 0.5) is 5.88 Å². The third-order valence-corrected chi connectivity index (χ3v) is 6.54. The maximum absolute atomic E-state index is 13.6. The van der Waals surface area contributed by atoms with E-state index in [9.17, 15) is 9.59 Å². The van der Waals surface area contributed by atoms with Gasteiger partial charge >= 0.3 is 5.97 Å². The van der Waals surface area contributed by atoms with Crippen LogP contribution in [0, 0.1) is 0 Å². The third-order valence-electron chi connectivity index (χ3n) is 5.56. The molecule has 1 unspecified atom stereocenters. The number of fused-ring (bicyclic) bond motifs is 2. The van der Waals surface area contributed by atoms with Crippen molar-refractivity contribution in [3.05, 3.63) is 72.6 Å². The van der Waals surface area contributed by atoms with Crippen molar-refractivity contribution in [1.82, 2.24) is 4.57 Å². The van der Waals surface area contributed by atoms with E-state index < -0.39 is 12.0 Å². The number of nitrogens with zero attached hydrogens (tertiary/aromatic N) is 3. The van der Waals surface area contributed by atoms with E-state index in [1.54, 1.807) is 38.1 Å². The predicted molar refractivity (Wildman–Crippen MR) is 126 cm³/mol. The number of rotatable bonds is 5. The second kappa shape index (κ2) is 8.53. The summed E-state index contributed by atoms with van der Waals surface area (Å²) in [5.74, 6) is 1.89. The normalized spacial score (nSPS) is 16.9. The van der Waals surface area contributed by atoms with E-state index in [1.165, 1.54) is 15.9 Å². The molecule has 10 heteroatoms. The minimum atomic E-state index is -0.721. The van der Waals surface area contributed by atoms with Crippen LogP contribution in [-0.2, 0) is 9.53 Å². The maximum Gasteiger partial charge on any atom is 0.338 e. The van der Waals surface area contributed by atoms with Crippen LogP contribution >= 0.6 is 11.3 Å². The molecule has 5 rings (SSSR count). The number of hydrogen-bond donors (Lipinski definition) is 0. The standard InChI is InChI=1S/C24H23N3O6S/c1-5-30-23(29)20-13(2)25-24-27(21(20)14-6-8-16-17(10-14)32-12-31-16)22(28)18(34-24)11-15-7-9-19(33-15)26(3)4/h6-11,21H,5,12H2,1-4H3. The molecule has 176 valence electrons. The number of carbonyl (C=O) groups is 1. The van der Waals surface area contributed by atoms with E-state index in [0.717, 1.165) is 0 Å². The zero-order valence-electron chi connectivity index (χ0n) is 19.2. The summed E-state index contributed by atoms with van der Waals surface area (Å²) in [6, 6.07) is 8.30. The van der Waals surface area contributed by atoms with Gasteiger partial charge in [0.25, 0.3) is 5.56 Å². The molecule has 0 bridgehead atoms. The summed E-state index contributed by atoms with van der Waals surface area (Å²) >= 11 is 1.24. The van der Waals surface area contributed by atoms with Crippen molar-refractivity contribution in [3.63, 3.8) is 0 Å². The Balaban J connectivity index is 1.70. The van der Waals surface area contributed by atoms with Crippen LogP contribution in [0.1, 0.15) is 31.2 Å². The number of hydrogen-bond acceptors (Lipinski definition) is 9. The monoisotopic (exact) mass is 481 g/mol. The molecular weight excluding hydrogens is 458 g/mol. The van der Waals surface area contributed by atoms with Gasteiger partial charge in [-0.05, 0) is 37.6 Å². The highest BCUT2D eigenvalue weighted by Gasteiger charge is 2.34. The molecule has 0 saturated carbocycles. The molecule has 1 atom stereocenters. The van der Waals surface area contributed by atoms with Crippen LogP contribution in [0.25, 0.3) is 6.08 Å². The van der Waals surface area contributed by atoms with Crippen molar-refractivity contribution in [2.75, 3.05) is 32.4 Å². The fourth-order valence-corrected chi connectivity index (χ4v) is 5.01. The highest BCUT2D eigenvalue weighted by molar-refractivity contribution is 7.07. The summed E-state index contributed by atoms with van der Waals surface area (Å²) in [7, 11) is 3.75. The van der Waals surface area contributed by atoms with Crippen molar-refractivity contribution >= 4 is 29.3 Å². The summed E-state index contributed by atoms with van der Waals surface area (Å²) in [4.78, 5) is 33.5. The summed E-state index contributed by atoms with van der Waals surface area (Å²) < 4.78 is 24.1. The van der Waals surface area contributed by atoms with E-state index in [4.69, 9.17) is 18.6 Å². The lowest BCUT2D eigenvalue weighted by Gasteiger charge is -2.24. The lowest BCUT2D eigenvalue weighted by atomic mass is 9.95. The largest absolute Gasteiger partial charge is 0.463 e. The summed E-state index contributed by atoms with van der Waals surface area (Å²) in [5.41, 5.74) is 1.24. The molecule has 2 aromatic heterocycles. The molecule has 0 N–H and O–H groups in total. The number of carbonyl (C=O) groups excluding carboxylic acids is 1. The molecule has 0 aliphatic carbocycles. The minimum Gasteiger partial charge on any atom is -0.463 e. The van der Waals surface area contributed by atoms with Crippen molar-refractivity contribution in [3.8, 4) is 11.5 Å². The molecule has 2 aliphatic rings. The van der Waals surface area contributed by atoms with Gasteiger partial charge in [-0.1, -0.05) is 17.4 Å². The zero-order valence-corrected chi connectivity index (χ0v) is 20.0. The fraction of sp³-hybridized carbons (Fsp3) is 0.292. The first kappa shape index (κ1) is 22.0. The predicted octanol–water partition coefficient (Wildman–Crippen LogP) is 2.19. The first-order valence-electron chi connectivity index (χ1n) is 10.7. The topological polar surface area (TPSA) is 95.5 Å². The van der Waals surface area contributed by atoms with Gasteiger partial charge in [0.15, 0.2) is 22.2 Å². The SMILES string of the molecule is CCOC(=O)C1=C(C)N=c2sc(=Cc3ccc(N(C)C)o3)c(=O)n2C1c1ccc2c(c1)OCO2. The van der Waals surface area contributed by atoms with Gasteiger partial charge in [-0.15, -0.1) is 0 Å². The molecule has 34 heavy (non-hydrogen) atoms. The van der Waals surface area contributed by atoms with Crippen LogP contribution in [0.3, 0.4) is 0 Å². The summed E-state index contributed by atoms with van der Waals surface area (Å²) in [5, 5.41) is 0. The molecule has 0 saturated heterocycles. The van der Waals surface area contributed by atoms with Crippen molar-refractivity contribution in [2.45, 2.75) is 19.9 Å². The number of aromatic nitrogens is 1. The molecule has 9 nitrogen and oxygen atoms in total. The Bertz CT molecular complexity index is 1490. The molecule has 1 aromatic carbocycles. The lowest BCUT2D eigenvalue weighted by molar-refractivity contribution is -0.139. The zero-order chi connectivity index (χ0) is 24.0. The minimum absolute atomic E-state index is 0.124. The lowest BCUT2D eigenvalue weighted by Crippen LogP contribution is -2.39. The number of benzene rings is 1. The molecule has 4 heterocycles. The van der Waals surface area contributed by atoms with Gasteiger partial charge in [-0.2, -0.15) is 0 Å². The van der Waals surface area contributed by atoms with Gasteiger partial charge < -0.3 is 23.5 Å². The Kier molecular flexibility index (Phi) is 5.52. The summed E-state index contributed by atoms with van der Waals surface area (Å²) in [6.45, 7) is 3.82. The van der Waals surface area contributed by atoms with Gasteiger partial charge in [-0.3, -0.25) is 9.36 Å². The fourth-order valence-electron chi connectivity index (χ4n) is 3.98. The first-order valence-corrected chi connectivity index (χ1v) is 11.6. The Morgan fingerprint density at radius 1 is 1.26 bits per heavy atom. The number of anilines is 1. The molecule has 0 amide bonds. The number of esters is 1. The van der Waals surface area contributed by atoms with E-state index in [0.29, 0.717) is 49.3 Å². The number of ether oxygens (including phenoxy) is 3. The highest BCUT2D eigenvalue weighted by atomic mass is 32.1. The number of allylic oxidation sites excluding steroid dienone is 1.